The zero-order valence-electron chi connectivity index (χ0n) is 23.2. The Morgan fingerprint density at radius 3 is 1.93 bits per heavy atom. The molecule has 0 unspecified atom stereocenters. The lowest BCUT2D eigenvalue weighted by Crippen LogP contribution is -2.46. The third-order valence-electron chi connectivity index (χ3n) is 7.50. The van der Waals surface area contributed by atoms with Gasteiger partial charge in [0.05, 0.1) is 4.90 Å². The maximum atomic E-state index is 13.9. The number of imide groups is 1. The lowest BCUT2D eigenvalue weighted by molar-refractivity contribution is 0.0611. The van der Waals surface area contributed by atoms with Gasteiger partial charge in [0.2, 0.25) is 10.0 Å². The molecule has 0 saturated heterocycles. The summed E-state index contributed by atoms with van der Waals surface area (Å²) >= 11 is 0. The summed E-state index contributed by atoms with van der Waals surface area (Å²) in [6.45, 7) is 6.14. The second kappa shape index (κ2) is 11.3. The van der Waals surface area contributed by atoms with Crippen LogP contribution in [-0.4, -0.2) is 61.5 Å². The van der Waals surface area contributed by atoms with Gasteiger partial charge in [-0.25, -0.2) is 8.42 Å². The zero-order valence-corrected chi connectivity index (χ0v) is 24.0. The largest absolute Gasteiger partial charge is 0.306 e. The fraction of sp³-hybridized carbons (Fsp3) is 0.219. The minimum absolute atomic E-state index is 0.0170. The van der Waals surface area contributed by atoms with Crippen molar-refractivity contribution in [2.45, 2.75) is 25.7 Å². The summed E-state index contributed by atoms with van der Waals surface area (Å²) in [4.78, 5) is 43.6. The van der Waals surface area contributed by atoms with Gasteiger partial charge in [-0.2, -0.15) is 4.31 Å². The van der Waals surface area contributed by atoms with E-state index in [2.05, 4.69) is 0 Å². The Morgan fingerprint density at radius 1 is 0.780 bits per heavy atom. The van der Waals surface area contributed by atoms with Crippen molar-refractivity contribution < 1.29 is 22.8 Å². The highest BCUT2D eigenvalue weighted by Gasteiger charge is 2.33. The summed E-state index contributed by atoms with van der Waals surface area (Å²) in [6.07, 6.45) is 0. The van der Waals surface area contributed by atoms with Crippen LogP contribution < -0.4 is 4.90 Å². The Balaban J connectivity index is 1.45. The van der Waals surface area contributed by atoms with Crippen LogP contribution in [0.5, 0.6) is 0 Å². The van der Waals surface area contributed by atoms with Gasteiger partial charge in [0.15, 0.2) is 0 Å². The molecule has 1 aliphatic rings. The number of carbonyl (C=O) groups is 3. The predicted octanol–water partition coefficient (Wildman–Crippen LogP) is 5.12. The first-order valence-electron chi connectivity index (χ1n) is 13.5. The van der Waals surface area contributed by atoms with Crippen LogP contribution in [0.2, 0.25) is 0 Å². The second-order valence-electron chi connectivity index (χ2n) is 9.83. The van der Waals surface area contributed by atoms with Crippen molar-refractivity contribution in [1.82, 2.24) is 9.21 Å². The van der Waals surface area contributed by atoms with Crippen molar-refractivity contribution in [2.75, 3.05) is 31.1 Å². The fourth-order valence-corrected chi connectivity index (χ4v) is 6.78. The number of hydrogen-bond donors (Lipinski definition) is 0. The normalized spacial score (nSPS) is 13.2. The van der Waals surface area contributed by atoms with E-state index in [0.717, 1.165) is 10.9 Å². The van der Waals surface area contributed by atoms with Gasteiger partial charge in [-0.05, 0) is 60.3 Å². The smallest absolute Gasteiger partial charge is 0.261 e. The lowest BCUT2D eigenvalue weighted by Gasteiger charge is -2.31. The van der Waals surface area contributed by atoms with Crippen LogP contribution in [0.3, 0.4) is 0 Å². The molecule has 4 aromatic carbocycles. The highest BCUT2D eigenvalue weighted by molar-refractivity contribution is 7.89. The fourth-order valence-electron chi connectivity index (χ4n) is 5.32. The van der Waals surface area contributed by atoms with Crippen molar-refractivity contribution in [2.24, 2.45) is 0 Å². The number of amides is 3. The highest BCUT2D eigenvalue weighted by atomic mass is 32.2. The molecule has 3 amide bonds. The van der Waals surface area contributed by atoms with Crippen LogP contribution in [0.15, 0.2) is 89.8 Å². The van der Waals surface area contributed by atoms with E-state index < -0.39 is 21.8 Å². The number of aryl methyl sites for hydroxylation is 1. The monoisotopic (exact) mass is 569 g/mol. The van der Waals surface area contributed by atoms with E-state index in [9.17, 15) is 22.8 Å². The molecule has 0 saturated carbocycles. The van der Waals surface area contributed by atoms with Gasteiger partial charge < -0.3 is 4.90 Å². The van der Waals surface area contributed by atoms with E-state index in [1.165, 1.54) is 38.4 Å². The van der Waals surface area contributed by atoms with Crippen LogP contribution >= 0.6 is 0 Å². The van der Waals surface area contributed by atoms with Crippen LogP contribution in [0, 0.1) is 6.92 Å². The second-order valence-corrected chi connectivity index (χ2v) is 11.8. The first kappa shape index (κ1) is 28.2. The Hall–Kier alpha value is -4.34. The maximum absolute atomic E-state index is 13.9. The van der Waals surface area contributed by atoms with E-state index in [1.807, 2.05) is 43.3 Å². The molecule has 9 heteroatoms. The van der Waals surface area contributed by atoms with Crippen molar-refractivity contribution in [3.63, 3.8) is 0 Å². The maximum Gasteiger partial charge on any atom is 0.261 e. The van der Waals surface area contributed by atoms with E-state index in [1.54, 1.807) is 38.1 Å². The molecular formula is C32H31N3O5S. The summed E-state index contributed by atoms with van der Waals surface area (Å²) in [6, 6.07) is 24.0. The molecule has 0 fully saturated rings. The molecular weight excluding hydrogens is 538 g/mol. The van der Waals surface area contributed by atoms with Crippen LogP contribution in [0.4, 0.5) is 5.69 Å². The van der Waals surface area contributed by atoms with Crippen LogP contribution in [0.25, 0.3) is 10.8 Å². The third kappa shape index (κ3) is 5.03. The molecule has 0 bridgehead atoms. The summed E-state index contributed by atoms with van der Waals surface area (Å²) in [5.41, 5.74) is 2.68. The quantitative estimate of drug-likeness (QED) is 0.261. The number of benzene rings is 4. The SMILES string of the molecule is CCN(CC)S(=O)(=O)c1ccc(C(=O)N(CCN2C(=O)c3cccc4cccc(c34)C2=O)c2ccccc2C)cc1. The molecule has 0 aromatic heterocycles. The number of hydrogen-bond acceptors (Lipinski definition) is 5. The first-order valence-corrected chi connectivity index (χ1v) is 15.0. The molecule has 0 N–H and O–H groups in total. The number of sulfonamides is 1. The average Bonchev–Trinajstić information content (AvgIpc) is 2.98. The summed E-state index contributed by atoms with van der Waals surface area (Å²) < 4.78 is 27.2. The lowest BCUT2D eigenvalue weighted by atomic mass is 9.94. The average molecular weight is 570 g/mol. The predicted molar refractivity (Wildman–Crippen MR) is 159 cm³/mol. The number of para-hydroxylation sites is 1. The van der Waals surface area contributed by atoms with Gasteiger partial charge in [-0.1, -0.05) is 56.3 Å². The van der Waals surface area contributed by atoms with Gasteiger partial charge in [-0.3, -0.25) is 19.3 Å². The molecule has 4 aromatic rings. The molecule has 5 rings (SSSR count). The van der Waals surface area contributed by atoms with Gasteiger partial charge in [0.1, 0.15) is 0 Å². The standard InChI is InChI=1S/C32H31N3O5S/c1-4-33(5-2)41(39,40)25-18-16-24(17-19-25)30(36)34(28-15-7-6-10-22(28)3)20-21-35-31(37)26-13-8-11-23-12-9-14-27(29(23)26)32(35)38/h6-19H,4-5,20-21H2,1-3H3. The number of carbonyl (C=O) groups excluding carboxylic acids is 3. The Kier molecular flexibility index (Phi) is 7.75. The Labute approximate surface area is 239 Å². The topological polar surface area (TPSA) is 95.1 Å². The molecule has 8 nitrogen and oxygen atoms in total. The van der Waals surface area contributed by atoms with Gasteiger partial charge in [-0.15, -0.1) is 0 Å². The molecule has 210 valence electrons. The zero-order chi connectivity index (χ0) is 29.3. The molecule has 0 spiro atoms. The van der Waals surface area contributed by atoms with E-state index in [-0.39, 0.29) is 29.5 Å². The Bertz CT molecular complexity index is 1710. The van der Waals surface area contributed by atoms with Gasteiger partial charge >= 0.3 is 0 Å². The van der Waals surface area contributed by atoms with Gasteiger partial charge in [0.25, 0.3) is 17.7 Å². The van der Waals surface area contributed by atoms with Crippen LogP contribution in [0.1, 0.15) is 50.5 Å². The third-order valence-corrected chi connectivity index (χ3v) is 9.56. The van der Waals surface area contributed by atoms with Crippen LogP contribution in [-0.2, 0) is 10.0 Å². The molecule has 1 heterocycles. The first-order chi connectivity index (χ1) is 19.7. The number of rotatable bonds is 9. The highest BCUT2D eigenvalue weighted by Crippen LogP contribution is 2.30. The van der Waals surface area contributed by atoms with E-state index in [0.29, 0.717) is 35.3 Å². The van der Waals surface area contributed by atoms with Crippen molar-refractivity contribution in [1.29, 1.82) is 0 Å². The summed E-state index contributed by atoms with van der Waals surface area (Å²) in [5.74, 6) is -1.17. The van der Waals surface area contributed by atoms with Gasteiger partial charge in [0, 0.05) is 53.9 Å². The number of nitrogens with zero attached hydrogens (tertiary/aromatic N) is 3. The molecule has 0 aliphatic carbocycles. The van der Waals surface area contributed by atoms with E-state index >= 15 is 0 Å². The summed E-state index contributed by atoms with van der Waals surface area (Å²) in [5, 5.41) is 1.47. The van der Waals surface area contributed by atoms with Crippen molar-refractivity contribution in [3.05, 3.63) is 107 Å². The van der Waals surface area contributed by atoms with Crippen molar-refractivity contribution >= 4 is 44.2 Å². The molecule has 41 heavy (non-hydrogen) atoms. The molecule has 0 atom stereocenters. The molecule has 1 aliphatic heterocycles. The van der Waals surface area contributed by atoms with Crippen molar-refractivity contribution in [3.8, 4) is 0 Å². The van der Waals surface area contributed by atoms with E-state index in [4.69, 9.17) is 0 Å². The summed E-state index contributed by atoms with van der Waals surface area (Å²) in [7, 11) is -3.67. The molecule has 0 radical (unpaired) electrons. The Morgan fingerprint density at radius 2 is 1.37 bits per heavy atom. The minimum Gasteiger partial charge on any atom is -0.306 e. The minimum atomic E-state index is -3.67. The number of anilines is 1.